The van der Waals surface area contributed by atoms with Gasteiger partial charge in [-0.3, -0.25) is 10.1 Å². The number of imide groups is 1. The Balaban J connectivity index is 3.57. The molecule has 0 radical (unpaired) electrons. The van der Waals surface area contributed by atoms with E-state index in [1.807, 2.05) is 5.32 Å². The van der Waals surface area contributed by atoms with Crippen molar-refractivity contribution in [3.05, 3.63) is 0 Å². The van der Waals surface area contributed by atoms with Crippen LogP contribution in [-0.2, 0) is 4.79 Å². The van der Waals surface area contributed by atoms with Gasteiger partial charge in [0.1, 0.15) is 0 Å². The van der Waals surface area contributed by atoms with Gasteiger partial charge in [-0.15, -0.1) is 0 Å². The second-order valence-corrected chi connectivity index (χ2v) is 3.24. The van der Waals surface area contributed by atoms with Crippen molar-refractivity contribution in [3.8, 4) is 0 Å². The third kappa shape index (κ3) is 6.42. The number of hydrogen-bond donors (Lipinski definition) is 3. The second kappa shape index (κ2) is 7.32. The predicted molar refractivity (Wildman–Crippen MR) is 54.7 cm³/mol. The lowest BCUT2D eigenvalue weighted by atomic mass is 10.2. The van der Waals surface area contributed by atoms with Crippen LogP contribution in [0.15, 0.2) is 0 Å². The van der Waals surface area contributed by atoms with Crippen LogP contribution < -0.4 is 16.4 Å². The molecular formula is C9H19N3O2. The fourth-order valence-electron chi connectivity index (χ4n) is 1.02. The summed E-state index contributed by atoms with van der Waals surface area (Å²) in [5.74, 6) is -0.381. The van der Waals surface area contributed by atoms with Gasteiger partial charge in [-0.2, -0.15) is 0 Å². The Hall–Kier alpha value is -1.10. The molecule has 1 atom stereocenters. The van der Waals surface area contributed by atoms with Crippen molar-refractivity contribution >= 4 is 11.9 Å². The summed E-state index contributed by atoms with van der Waals surface area (Å²) < 4.78 is 0. The molecule has 3 amide bonds. The van der Waals surface area contributed by atoms with E-state index in [9.17, 15) is 9.59 Å². The SMILES string of the molecule is CCCCCNC(C)C(=O)NC(N)=O. The molecule has 82 valence electrons. The maximum atomic E-state index is 11.1. The predicted octanol–water partition coefficient (Wildman–Crippen LogP) is 0.350. The monoisotopic (exact) mass is 201 g/mol. The van der Waals surface area contributed by atoms with Crippen LogP contribution in [0.4, 0.5) is 4.79 Å². The Kier molecular flexibility index (Phi) is 6.74. The number of carbonyl (C=O) groups is 2. The molecule has 0 aliphatic rings. The van der Waals surface area contributed by atoms with Crippen molar-refractivity contribution < 1.29 is 9.59 Å². The number of primary amides is 1. The zero-order chi connectivity index (χ0) is 11.0. The van der Waals surface area contributed by atoms with Crippen molar-refractivity contribution in [2.24, 2.45) is 5.73 Å². The summed E-state index contributed by atoms with van der Waals surface area (Å²) in [7, 11) is 0. The first-order valence-electron chi connectivity index (χ1n) is 4.91. The van der Waals surface area contributed by atoms with Crippen LogP contribution in [0.25, 0.3) is 0 Å². The molecule has 0 aromatic rings. The Labute approximate surface area is 84.4 Å². The van der Waals surface area contributed by atoms with E-state index in [0.29, 0.717) is 0 Å². The van der Waals surface area contributed by atoms with Crippen molar-refractivity contribution in [1.29, 1.82) is 0 Å². The fraction of sp³-hybridized carbons (Fsp3) is 0.778. The van der Waals surface area contributed by atoms with Crippen LogP contribution in [0.5, 0.6) is 0 Å². The highest BCUT2D eigenvalue weighted by molar-refractivity contribution is 5.96. The van der Waals surface area contributed by atoms with E-state index in [0.717, 1.165) is 25.8 Å². The maximum Gasteiger partial charge on any atom is 0.318 e. The van der Waals surface area contributed by atoms with E-state index in [1.165, 1.54) is 0 Å². The van der Waals surface area contributed by atoms with Gasteiger partial charge in [-0.05, 0) is 19.9 Å². The van der Waals surface area contributed by atoms with Gasteiger partial charge in [0.2, 0.25) is 5.91 Å². The van der Waals surface area contributed by atoms with Crippen LogP contribution in [0.2, 0.25) is 0 Å². The number of urea groups is 1. The molecule has 5 nitrogen and oxygen atoms in total. The van der Waals surface area contributed by atoms with Gasteiger partial charge in [-0.1, -0.05) is 19.8 Å². The molecule has 0 aromatic heterocycles. The molecule has 1 unspecified atom stereocenters. The summed E-state index contributed by atoms with van der Waals surface area (Å²) in [4.78, 5) is 21.5. The van der Waals surface area contributed by atoms with Crippen molar-refractivity contribution in [1.82, 2.24) is 10.6 Å². The van der Waals surface area contributed by atoms with E-state index in [4.69, 9.17) is 5.73 Å². The summed E-state index contributed by atoms with van der Waals surface area (Å²) >= 11 is 0. The number of amides is 3. The molecule has 0 bridgehead atoms. The van der Waals surface area contributed by atoms with E-state index >= 15 is 0 Å². The van der Waals surface area contributed by atoms with Gasteiger partial charge >= 0.3 is 6.03 Å². The van der Waals surface area contributed by atoms with Crippen LogP contribution in [0.1, 0.15) is 33.1 Å². The lowest BCUT2D eigenvalue weighted by Gasteiger charge is -2.11. The molecule has 0 aromatic carbocycles. The third-order valence-electron chi connectivity index (χ3n) is 1.87. The first-order valence-corrected chi connectivity index (χ1v) is 4.91. The molecule has 0 saturated carbocycles. The number of unbranched alkanes of at least 4 members (excludes halogenated alkanes) is 2. The maximum absolute atomic E-state index is 11.1. The van der Waals surface area contributed by atoms with Crippen molar-refractivity contribution in [3.63, 3.8) is 0 Å². The fourth-order valence-corrected chi connectivity index (χ4v) is 1.02. The highest BCUT2D eigenvalue weighted by Crippen LogP contribution is 1.92. The number of rotatable bonds is 6. The van der Waals surface area contributed by atoms with Crippen LogP contribution in [0.3, 0.4) is 0 Å². The van der Waals surface area contributed by atoms with Crippen molar-refractivity contribution in [2.45, 2.75) is 39.2 Å². The number of nitrogens with one attached hydrogen (secondary N) is 2. The van der Waals surface area contributed by atoms with Crippen LogP contribution in [0, 0.1) is 0 Å². The summed E-state index contributed by atoms with van der Waals surface area (Å²) in [5.41, 5.74) is 4.81. The second-order valence-electron chi connectivity index (χ2n) is 3.24. The molecule has 0 saturated heterocycles. The number of hydrogen-bond acceptors (Lipinski definition) is 3. The molecular weight excluding hydrogens is 182 g/mol. The molecule has 0 aliphatic heterocycles. The Bertz CT molecular complexity index is 194. The molecule has 0 aliphatic carbocycles. The highest BCUT2D eigenvalue weighted by atomic mass is 16.2. The lowest BCUT2D eigenvalue weighted by molar-refractivity contribution is -0.121. The minimum atomic E-state index is -0.808. The first kappa shape index (κ1) is 12.9. The quantitative estimate of drug-likeness (QED) is 0.542. The van der Waals surface area contributed by atoms with Gasteiger partial charge in [0.25, 0.3) is 0 Å². The summed E-state index contributed by atoms with van der Waals surface area (Å²) in [6.45, 7) is 4.59. The number of nitrogens with two attached hydrogens (primary N) is 1. The van der Waals surface area contributed by atoms with Gasteiger partial charge in [-0.25, -0.2) is 4.79 Å². The van der Waals surface area contributed by atoms with Gasteiger partial charge in [0.15, 0.2) is 0 Å². The van der Waals surface area contributed by atoms with Gasteiger partial charge < -0.3 is 11.1 Å². The smallest absolute Gasteiger partial charge is 0.318 e. The normalized spacial score (nSPS) is 12.1. The molecule has 0 rings (SSSR count). The molecule has 0 spiro atoms. The number of carbonyl (C=O) groups excluding carboxylic acids is 2. The lowest BCUT2D eigenvalue weighted by Crippen LogP contribution is -2.46. The summed E-state index contributed by atoms with van der Waals surface area (Å²) in [6.07, 6.45) is 3.31. The highest BCUT2D eigenvalue weighted by Gasteiger charge is 2.12. The molecule has 0 heterocycles. The van der Waals surface area contributed by atoms with E-state index in [1.54, 1.807) is 6.92 Å². The Morgan fingerprint density at radius 2 is 2.00 bits per heavy atom. The van der Waals surface area contributed by atoms with E-state index in [2.05, 4.69) is 12.2 Å². The van der Waals surface area contributed by atoms with Crippen molar-refractivity contribution in [2.75, 3.05) is 6.54 Å². The summed E-state index contributed by atoms with van der Waals surface area (Å²) in [5, 5.41) is 5.02. The average Bonchev–Trinajstić information content (AvgIpc) is 2.11. The van der Waals surface area contributed by atoms with Gasteiger partial charge in [0, 0.05) is 0 Å². The van der Waals surface area contributed by atoms with E-state index < -0.39 is 6.03 Å². The standard InChI is InChI=1S/C9H19N3O2/c1-3-4-5-6-11-7(2)8(13)12-9(10)14/h7,11H,3-6H2,1-2H3,(H3,10,12,13,14). The largest absolute Gasteiger partial charge is 0.351 e. The van der Waals surface area contributed by atoms with Crippen LogP contribution in [-0.4, -0.2) is 24.5 Å². The molecule has 5 heteroatoms. The summed E-state index contributed by atoms with van der Waals surface area (Å²) in [6, 6.07) is -1.18. The molecule has 0 fully saturated rings. The van der Waals surface area contributed by atoms with E-state index in [-0.39, 0.29) is 11.9 Å². The Morgan fingerprint density at radius 1 is 1.36 bits per heavy atom. The topological polar surface area (TPSA) is 84.2 Å². The van der Waals surface area contributed by atoms with Crippen LogP contribution >= 0.6 is 0 Å². The zero-order valence-electron chi connectivity index (χ0n) is 8.80. The zero-order valence-corrected chi connectivity index (χ0v) is 8.80. The average molecular weight is 201 g/mol. The third-order valence-corrected chi connectivity index (χ3v) is 1.87. The molecule has 14 heavy (non-hydrogen) atoms. The Morgan fingerprint density at radius 3 is 2.50 bits per heavy atom. The molecule has 4 N–H and O–H groups in total. The minimum absolute atomic E-state index is 0.376. The van der Waals surface area contributed by atoms with Gasteiger partial charge in [0.05, 0.1) is 6.04 Å². The minimum Gasteiger partial charge on any atom is -0.351 e. The first-order chi connectivity index (χ1) is 6.57.